The van der Waals surface area contributed by atoms with E-state index in [2.05, 4.69) is 4.72 Å². The second-order valence-corrected chi connectivity index (χ2v) is 6.95. The number of hydrogen-bond acceptors (Lipinski definition) is 3. The zero-order chi connectivity index (χ0) is 15.3. The van der Waals surface area contributed by atoms with Crippen LogP contribution in [0.1, 0.15) is 26.2 Å². The average Bonchev–Trinajstić information content (AvgIpc) is 2.47. The first-order valence-electron chi connectivity index (χ1n) is 7.13. The van der Waals surface area contributed by atoms with Crippen LogP contribution in [0.2, 0.25) is 0 Å². The van der Waals surface area contributed by atoms with Gasteiger partial charge in [0.25, 0.3) is 10.2 Å². The van der Waals surface area contributed by atoms with Gasteiger partial charge in [0.2, 0.25) is 0 Å². The Balaban J connectivity index is 1.83. The number of rotatable bonds is 6. The number of piperidine rings is 1. The molecule has 1 aromatic rings. The Morgan fingerprint density at radius 2 is 1.86 bits per heavy atom. The molecule has 1 aliphatic rings. The molecule has 7 heteroatoms. The molecule has 1 N–H and O–H groups in total. The number of benzene rings is 1. The van der Waals surface area contributed by atoms with Crippen molar-refractivity contribution in [1.82, 2.24) is 9.03 Å². The van der Waals surface area contributed by atoms with Gasteiger partial charge in [-0.05, 0) is 44.0 Å². The van der Waals surface area contributed by atoms with Crippen molar-refractivity contribution in [3.8, 4) is 5.75 Å². The molecule has 0 saturated carbocycles. The molecule has 21 heavy (non-hydrogen) atoms. The Labute approximate surface area is 125 Å². The van der Waals surface area contributed by atoms with Crippen molar-refractivity contribution in [1.29, 1.82) is 0 Å². The molecule has 0 radical (unpaired) electrons. The van der Waals surface area contributed by atoms with Gasteiger partial charge < -0.3 is 4.74 Å². The standard InChI is InChI=1S/C14H21FN2O3S/c1-12(11-20-14-7-5-13(15)6-8-14)16-21(18,19)17-9-3-2-4-10-17/h5-8,12,16H,2-4,9-11H2,1H3. The van der Waals surface area contributed by atoms with Gasteiger partial charge in [-0.1, -0.05) is 6.42 Å². The highest BCUT2D eigenvalue weighted by molar-refractivity contribution is 7.87. The summed E-state index contributed by atoms with van der Waals surface area (Å²) in [5.74, 6) is 0.182. The van der Waals surface area contributed by atoms with Crippen molar-refractivity contribution in [2.75, 3.05) is 19.7 Å². The third-order valence-corrected chi connectivity index (χ3v) is 5.06. The van der Waals surface area contributed by atoms with Crippen LogP contribution in [-0.2, 0) is 10.2 Å². The van der Waals surface area contributed by atoms with Gasteiger partial charge in [0.1, 0.15) is 18.2 Å². The van der Waals surface area contributed by atoms with Crippen LogP contribution < -0.4 is 9.46 Å². The summed E-state index contributed by atoms with van der Waals surface area (Å²) < 4.78 is 46.6. The molecule has 1 unspecified atom stereocenters. The number of nitrogens with one attached hydrogen (secondary N) is 1. The van der Waals surface area contributed by atoms with Gasteiger partial charge in [-0.15, -0.1) is 0 Å². The van der Waals surface area contributed by atoms with Gasteiger partial charge in [0, 0.05) is 13.1 Å². The van der Waals surface area contributed by atoms with Crippen LogP contribution in [0.15, 0.2) is 24.3 Å². The molecule has 2 rings (SSSR count). The minimum atomic E-state index is -3.45. The molecule has 0 aliphatic carbocycles. The van der Waals surface area contributed by atoms with E-state index in [0.29, 0.717) is 18.8 Å². The monoisotopic (exact) mass is 316 g/mol. The first-order chi connectivity index (χ1) is 9.97. The Morgan fingerprint density at radius 3 is 2.48 bits per heavy atom. The number of nitrogens with zero attached hydrogens (tertiary/aromatic N) is 1. The van der Waals surface area contributed by atoms with Crippen molar-refractivity contribution in [2.45, 2.75) is 32.2 Å². The van der Waals surface area contributed by atoms with E-state index in [4.69, 9.17) is 4.74 Å². The summed E-state index contributed by atoms with van der Waals surface area (Å²) >= 11 is 0. The van der Waals surface area contributed by atoms with Crippen LogP contribution in [0, 0.1) is 5.82 Å². The summed E-state index contributed by atoms with van der Waals surface area (Å²) in [7, 11) is -3.45. The largest absolute Gasteiger partial charge is 0.492 e. The molecule has 118 valence electrons. The van der Waals surface area contributed by atoms with Crippen molar-refractivity contribution in [2.24, 2.45) is 0 Å². The zero-order valence-corrected chi connectivity index (χ0v) is 12.9. The SMILES string of the molecule is CC(COc1ccc(F)cc1)NS(=O)(=O)N1CCCCC1. The van der Waals surface area contributed by atoms with E-state index in [9.17, 15) is 12.8 Å². The first-order valence-corrected chi connectivity index (χ1v) is 8.57. The van der Waals surface area contributed by atoms with Gasteiger partial charge in [0.05, 0.1) is 6.04 Å². The van der Waals surface area contributed by atoms with E-state index in [1.807, 2.05) is 0 Å². The molecule has 0 aromatic heterocycles. The summed E-state index contributed by atoms with van der Waals surface area (Å²) in [5, 5.41) is 0. The van der Waals surface area contributed by atoms with E-state index in [1.165, 1.54) is 28.6 Å². The number of halogens is 1. The van der Waals surface area contributed by atoms with E-state index in [0.717, 1.165) is 19.3 Å². The normalized spacial score (nSPS) is 18.4. The first kappa shape index (κ1) is 16.2. The highest BCUT2D eigenvalue weighted by atomic mass is 32.2. The molecule has 1 saturated heterocycles. The topological polar surface area (TPSA) is 58.6 Å². The minimum absolute atomic E-state index is 0.193. The summed E-state index contributed by atoms with van der Waals surface area (Å²) in [6.45, 7) is 3.07. The van der Waals surface area contributed by atoms with Crippen LogP contribution in [0.4, 0.5) is 4.39 Å². The third kappa shape index (κ3) is 4.94. The molecule has 1 aromatic carbocycles. The molecule has 0 bridgehead atoms. The predicted octanol–water partition coefficient (Wildman–Crippen LogP) is 1.91. The molecule has 1 aliphatic heterocycles. The van der Waals surface area contributed by atoms with E-state index >= 15 is 0 Å². The Bertz CT molecular complexity index is 542. The van der Waals surface area contributed by atoms with Crippen molar-refractivity contribution in [3.05, 3.63) is 30.1 Å². The average molecular weight is 316 g/mol. The fourth-order valence-electron chi connectivity index (χ4n) is 2.22. The zero-order valence-electron chi connectivity index (χ0n) is 12.1. The van der Waals surface area contributed by atoms with Gasteiger partial charge in [0.15, 0.2) is 0 Å². The molecule has 0 amide bonds. The van der Waals surface area contributed by atoms with Crippen molar-refractivity contribution >= 4 is 10.2 Å². The minimum Gasteiger partial charge on any atom is -0.492 e. The maximum Gasteiger partial charge on any atom is 0.279 e. The lowest BCUT2D eigenvalue weighted by Crippen LogP contribution is -2.47. The summed E-state index contributed by atoms with van der Waals surface area (Å²) in [6.07, 6.45) is 2.89. The molecule has 1 atom stereocenters. The second-order valence-electron chi connectivity index (χ2n) is 5.25. The third-order valence-electron chi connectivity index (χ3n) is 3.32. The Kier molecular flexibility index (Phi) is 5.55. The van der Waals surface area contributed by atoms with Gasteiger partial charge >= 0.3 is 0 Å². The molecule has 0 spiro atoms. The summed E-state index contributed by atoms with van der Waals surface area (Å²) in [6, 6.07) is 5.28. The van der Waals surface area contributed by atoms with Gasteiger partial charge in [-0.25, -0.2) is 4.39 Å². The highest BCUT2D eigenvalue weighted by Gasteiger charge is 2.25. The fraction of sp³-hybridized carbons (Fsp3) is 0.571. The Morgan fingerprint density at radius 1 is 1.24 bits per heavy atom. The Hall–Kier alpha value is -1.18. The number of ether oxygens (including phenoxy) is 1. The molecule has 1 fully saturated rings. The smallest absolute Gasteiger partial charge is 0.279 e. The molecule has 1 heterocycles. The molecular weight excluding hydrogens is 295 g/mol. The van der Waals surface area contributed by atoms with Gasteiger partial charge in [-0.2, -0.15) is 17.4 Å². The van der Waals surface area contributed by atoms with Gasteiger partial charge in [-0.3, -0.25) is 0 Å². The summed E-state index contributed by atoms with van der Waals surface area (Å²) in [4.78, 5) is 0. The summed E-state index contributed by atoms with van der Waals surface area (Å²) in [5.41, 5.74) is 0. The lowest BCUT2D eigenvalue weighted by molar-refractivity contribution is 0.280. The lowest BCUT2D eigenvalue weighted by atomic mass is 10.2. The number of hydrogen-bond donors (Lipinski definition) is 1. The maximum absolute atomic E-state index is 12.8. The lowest BCUT2D eigenvalue weighted by Gasteiger charge is -2.27. The second kappa shape index (κ2) is 7.20. The van der Waals surface area contributed by atoms with E-state index in [-0.39, 0.29) is 18.5 Å². The molecule has 5 nitrogen and oxygen atoms in total. The quantitative estimate of drug-likeness (QED) is 0.872. The van der Waals surface area contributed by atoms with Crippen LogP contribution in [-0.4, -0.2) is 38.5 Å². The van der Waals surface area contributed by atoms with E-state index in [1.54, 1.807) is 6.92 Å². The van der Waals surface area contributed by atoms with Crippen molar-refractivity contribution in [3.63, 3.8) is 0 Å². The fourth-order valence-corrected chi connectivity index (χ4v) is 3.68. The van der Waals surface area contributed by atoms with E-state index < -0.39 is 10.2 Å². The van der Waals surface area contributed by atoms with Crippen LogP contribution in [0.3, 0.4) is 0 Å². The van der Waals surface area contributed by atoms with Crippen LogP contribution >= 0.6 is 0 Å². The predicted molar refractivity (Wildman–Crippen MR) is 78.8 cm³/mol. The maximum atomic E-state index is 12.8. The highest BCUT2D eigenvalue weighted by Crippen LogP contribution is 2.13. The molecular formula is C14H21FN2O3S. The van der Waals surface area contributed by atoms with Crippen LogP contribution in [0.25, 0.3) is 0 Å². The van der Waals surface area contributed by atoms with Crippen molar-refractivity contribution < 1.29 is 17.5 Å². The van der Waals surface area contributed by atoms with Crippen LogP contribution in [0.5, 0.6) is 5.75 Å².